The van der Waals surface area contributed by atoms with Crippen LogP contribution in [0.3, 0.4) is 0 Å². The monoisotopic (exact) mass is 264 g/mol. The highest BCUT2D eigenvalue weighted by Gasteiger charge is 2.27. The Morgan fingerprint density at radius 3 is 2.63 bits per heavy atom. The summed E-state index contributed by atoms with van der Waals surface area (Å²) in [4.78, 5) is 14.0. The Bertz CT molecular complexity index is 593. The van der Waals surface area contributed by atoms with Gasteiger partial charge in [-0.15, -0.1) is 0 Å². The predicted octanol–water partition coefficient (Wildman–Crippen LogP) is 0.609. The Balaban J connectivity index is 2.56. The number of nitrogens with two attached hydrogens (primary N) is 1. The fraction of sp³-hybridized carbons (Fsp3) is 0.308. The second-order valence-electron chi connectivity index (χ2n) is 4.35. The standard InChI is InChI=1S/C13H16N2O4/c14-6-5-9(16)12(17)10-7-3-1-2-4-8(7)15-11(10)13(18)19/h1-4,9,12,15-17H,5-6,14H2,(H,18,19). The quantitative estimate of drug-likeness (QED) is 0.542. The predicted molar refractivity (Wildman–Crippen MR) is 69.9 cm³/mol. The molecule has 2 atom stereocenters. The molecule has 0 aliphatic heterocycles. The molecule has 2 aromatic rings. The van der Waals surface area contributed by atoms with Crippen molar-refractivity contribution < 1.29 is 20.1 Å². The Morgan fingerprint density at radius 2 is 2.00 bits per heavy atom. The number of carboxylic acid groups (broad SMARTS) is 1. The summed E-state index contributed by atoms with van der Waals surface area (Å²) in [6.45, 7) is 0.211. The molecule has 2 rings (SSSR count). The number of fused-ring (bicyclic) bond motifs is 1. The van der Waals surface area contributed by atoms with Gasteiger partial charge in [-0.05, 0) is 19.0 Å². The fourth-order valence-electron chi connectivity index (χ4n) is 2.16. The van der Waals surface area contributed by atoms with Crippen LogP contribution in [0.25, 0.3) is 10.9 Å². The molecular weight excluding hydrogens is 248 g/mol. The van der Waals surface area contributed by atoms with Gasteiger partial charge in [-0.1, -0.05) is 18.2 Å². The molecule has 0 saturated carbocycles. The lowest BCUT2D eigenvalue weighted by molar-refractivity contribution is 0.0149. The molecule has 19 heavy (non-hydrogen) atoms. The first-order valence-corrected chi connectivity index (χ1v) is 5.96. The van der Waals surface area contributed by atoms with E-state index in [4.69, 9.17) is 5.73 Å². The number of carboxylic acids is 1. The summed E-state index contributed by atoms with van der Waals surface area (Å²) in [6.07, 6.45) is -2.19. The van der Waals surface area contributed by atoms with E-state index in [1.54, 1.807) is 24.3 Å². The normalized spacial score (nSPS) is 14.5. The number of aromatic carboxylic acids is 1. The molecule has 0 amide bonds. The van der Waals surface area contributed by atoms with Crippen molar-refractivity contribution in [2.75, 3.05) is 6.54 Å². The third kappa shape index (κ3) is 2.46. The molecule has 6 nitrogen and oxygen atoms in total. The summed E-state index contributed by atoms with van der Waals surface area (Å²) in [5, 5.41) is 29.7. The van der Waals surface area contributed by atoms with Crippen LogP contribution >= 0.6 is 0 Å². The third-order valence-corrected chi connectivity index (χ3v) is 3.08. The lowest BCUT2D eigenvalue weighted by Gasteiger charge is -2.17. The maximum absolute atomic E-state index is 11.2. The maximum Gasteiger partial charge on any atom is 0.352 e. The van der Waals surface area contributed by atoms with E-state index < -0.39 is 18.2 Å². The van der Waals surface area contributed by atoms with Crippen molar-refractivity contribution in [3.8, 4) is 0 Å². The number of carbonyl (C=O) groups is 1. The van der Waals surface area contributed by atoms with Crippen molar-refractivity contribution in [3.63, 3.8) is 0 Å². The molecule has 0 saturated heterocycles. The number of aromatic nitrogens is 1. The Labute approximate surface area is 109 Å². The van der Waals surface area contributed by atoms with Gasteiger partial charge < -0.3 is 26.0 Å². The largest absolute Gasteiger partial charge is 0.477 e. The number of rotatable bonds is 5. The topological polar surface area (TPSA) is 120 Å². The molecule has 1 heterocycles. The Morgan fingerprint density at radius 1 is 1.32 bits per heavy atom. The first-order chi connectivity index (χ1) is 9.06. The van der Waals surface area contributed by atoms with Gasteiger partial charge in [0.2, 0.25) is 0 Å². The molecular formula is C13H16N2O4. The summed E-state index contributed by atoms with van der Waals surface area (Å²) in [6, 6.07) is 6.92. The minimum Gasteiger partial charge on any atom is -0.477 e. The molecule has 0 spiro atoms. The second-order valence-corrected chi connectivity index (χ2v) is 4.35. The van der Waals surface area contributed by atoms with Crippen LogP contribution in [0.15, 0.2) is 24.3 Å². The van der Waals surface area contributed by atoms with E-state index in [0.29, 0.717) is 10.9 Å². The van der Waals surface area contributed by atoms with E-state index in [-0.39, 0.29) is 24.2 Å². The summed E-state index contributed by atoms with van der Waals surface area (Å²) < 4.78 is 0. The summed E-state index contributed by atoms with van der Waals surface area (Å²) >= 11 is 0. The van der Waals surface area contributed by atoms with Crippen LogP contribution < -0.4 is 5.73 Å². The highest BCUT2D eigenvalue weighted by atomic mass is 16.4. The van der Waals surface area contributed by atoms with Crippen molar-refractivity contribution in [2.24, 2.45) is 5.73 Å². The molecule has 0 aliphatic rings. The first kappa shape index (κ1) is 13.5. The molecule has 0 fully saturated rings. The van der Waals surface area contributed by atoms with Crippen LogP contribution in [-0.4, -0.2) is 38.9 Å². The van der Waals surface area contributed by atoms with Crippen molar-refractivity contribution in [1.82, 2.24) is 4.98 Å². The van der Waals surface area contributed by atoms with Crippen molar-refractivity contribution in [2.45, 2.75) is 18.6 Å². The van der Waals surface area contributed by atoms with Gasteiger partial charge in [0.1, 0.15) is 11.8 Å². The highest BCUT2D eigenvalue weighted by molar-refractivity contribution is 5.97. The lowest BCUT2D eigenvalue weighted by atomic mass is 9.99. The average Bonchev–Trinajstić information content (AvgIpc) is 2.77. The van der Waals surface area contributed by atoms with Crippen molar-refractivity contribution >= 4 is 16.9 Å². The molecule has 0 aliphatic carbocycles. The van der Waals surface area contributed by atoms with Gasteiger partial charge in [0.25, 0.3) is 0 Å². The summed E-state index contributed by atoms with van der Waals surface area (Å²) in [7, 11) is 0. The molecule has 1 aromatic carbocycles. The van der Waals surface area contributed by atoms with E-state index in [2.05, 4.69) is 4.98 Å². The van der Waals surface area contributed by atoms with Crippen LogP contribution in [-0.2, 0) is 0 Å². The second kappa shape index (κ2) is 5.40. The number of nitrogens with one attached hydrogen (secondary N) is 1. The van der Waals surface area contributed by atoms with E-state index in [9.17, 15) is 20.1 Å². The van der Waals surface area contributed by atoms with Gasteiger partial charge in [-0.25, -0.2) is 4.79 Å². The summed E-state index contributed by atoms with van der Waals surface area (Å²) in [5.41, 5.74) is 6.03. The van der Waals surface area contributed by atoms with Gasteiger partial charge in [-0.2, -0.15) is 0 Å². The SMILES string of the molecule is NCCC(O)C(O)c1c(C(=O)O)[nH]c2ccccc12. The minimum absolute atomic E-state index is 0.107. The van der Waals surface area contributed by atoms with Crippen LogP contribution in [0.5, 0.6) is 0 Å². The summed E-state index contributed by atoms with van der Waals surface area (Å²) in [5.74, 6) is -1.18. The number of aliphatic hydroxyl groups excluding tert-OH is 2. The van der Waals surface area contributed by atoms with Crippen molar-refractivity contribution in [1.29, 1.82) is 0 Å². The number of aliphatic hydroxyl groups is 2. The average molecular weight is 264 g/mol. The zero-order chi connectivity index (χ0) is 14.0. The molecule has 102 valence electrons. The highest BCUT2D eigenvalue weighted by Crippen LogP contribution is 2.30. The van der Waals surface area contributed by atoms with Gasteiger partial charge in [-0.3, -0.25) is 0 Å². The van der Waals surface area contributed by atoms with Crippen molar-refractivity contribution in [3.05, 3.63) is 35.5 Å². The fourth-order valence-corrected chi connectivity index (χ4v) is 2.16. The Hall–Kier alpha value is -1.89. The Kier molecular flexibility index (Phi) is 3.84. The number of hydrogen-bond acceptors (Lipinski definition) is 4. The van der Waals surface area contributed by atoms with Gasteiger partial charge in [0.15, 0.2) is 0 Å². The van der Waals surface area contributed by atoms with Crippen LogP contribution in [0.2, 0.25) is 0 Å². The molecule has 0 bridgehead atoms. The van der Waals surface area contributed by atoms with Crippen LogP contribution in [0.4, 0.5) is 0 Å². The van der Waals surface area contributed by atoms with E-state index in [1.165, 1.54) is 0 Å². The minimum atomic E-state index is -1.29. The van der Waals surface area contributed by atoms with E-state index in [0.717, 1.165) is 0 Å². The lowest BCUT2D eigenvalue weighted by Crippen LogP contribution is -2.23. The number of aromatic amines is 1. The van der Waals surface area contributed by atoms with Crippen LogP contribution in [0.1, 0.15) is 28.6 Å². The van der Waals surface area contributed by atoms with Gasteiger partial charge in [0.05, 0.1) is 6.10 Å². The molecule has 6 heteroatoms. The van der Waals surface area contributed by atoms with Crippen LogP contribution in [0, 0.1) is 0 Å². The molecule has 2 unspecified atom stereocenters. The number of benzene rings is 1. The molecule has 1 aromatic heterocycles. The number of para-hydroxylation sites is 1. The zero-order valence-electron chi connectivity index (χ0n) is 10.2. The zero-order valence-corrected chi connectivity index (χ0v) is 10.2. The number of hydrogen-bond donors (Lipinski definition) is 5. The third-order valence-electron chi connectivity index (χ3n) is 3.08. The smallest absolute Gasteiger partial charge is 0.352 e. The van der Waals surface area contributed by atoms with E-state index in [1.807, 2.05) is 0 Å². The van der Waals surface area contributed by atoms with Gasteiger partial charge >= 0.3 is 5.97 Å². The maximum atomic E-state index is 11.2. The number of H-pyrrole nitrogens is 1. The first-order valence-electron chi connectivity index (χ1n) is 5.96. The van der Waals surface area contributed by atoms with E-state index >= 15 is 0 Å². The molecule has 6 N–H and O–H groups in total. The van der Waals surface area contributed by atoms with Gasteiger partial charge in [0, 0.05) is 16.5 Å². The molecule has 0 radical (unpaired) electrons.